The molecule has 0 unspecified atom stereocenters. The minimum Gasteiger partial charge on any atom is -0.399 e. The monoisotopic (exact) mass is 372 g/mol. The third-order valence-corrected chi connectivity index (χ3v) is 5.82. The molecule has 5 rings (SSSR count). The molecule has 140 valence electrons. The molecule has 7 heteroatoms. The Balaban J connectivity index is 1.65. The van der Waals surface area contributed by atoms with Crippen LogP contribution in [0.1, 0.15) is 27.7 Å². The molecule has 0 amide bonds. The Labute approximate surface area is 163 Å². The van der Waals surface area contributed by atoms with E-state index in [1.165, 1.54) is 0 Å². The zero-order valence-corrected chi connectivity index (χ0v) is 16.4. The summed E-state index contributed by atoms with van der Waals surface area (Å²) >= 11 is 0. The first-order valence-electron chi connectivity index (χ1n) is 9.41. The van der Waals surface area contributed by atoms with Gasteiger partial charge in [-0.05, 0) is 51.3 Å². The molecular formula is C21H21BN4O2. The third kappa shape index (κ3) is 2.54. The van der Waals surface area contributed by atoms with Gasteiger partial charge < -0.3 is 9.31 Å². The van der Waals surface area contributed by atoms with E-state index < -0.39 is 18.3 Å². The van der Waals surface area contributed by atoms with Gasteiger partial charge >= 0.3 is 7.12 Å². The highest BCUT2D eigenvalue weighted by Crippen LogP contribution is 2.37. The molecule has 28 heavy (non-hydrogen) atoms. The second-order valence-corrected chi connectivity index (χ2v) is 8.17. The summed E-state index contributed by atoms with van der Waals surface area (Å²) in [7, 11) is -0.465. The number of para-hydroxylation sites is 1. The van der Waals surface area contributed by atoms with Gasteiger partial charge in [-0.1, -0.05) is 35.5 Å². The Morgan fingerprint density at radius 2 is 1.68 bits per heavy atom. The molecule has 0 aliphatic carbocycles. The summed E-state index contributed by atoms with van der Waals surface area (Å²) in [4.78, 5) is 4.93. The topological polar surface area (TPSA) is 61.5 Å². The average molecular weight is 372 g/mol. The van der Waals surface area contributed by atoms with E-state index in [0.29, 0.717) is 0 Å². The van der Waals surface area contributed by atoms with Crippen molar-refractivity contribution in [3.63, 3.8) is 0 Å². The van der Waals surface area contributed by atoms with E-state index in [4.69, 9.17) is 14.3 Å². The molecule has 1 saturated heterocycles. The molecule has 1 aliphatic heterocycles. The first-order valence-corrected chi connectivity index (χ1v) is 9.41. The lowest BCUT2D eigenvalue weighted by Gasteiger charge is -2.32. The number of fused-ring (bicyclic) bond motifs is 2. The Morgan fingerprint density at radius 3 is 2.46 bits per heavy atom. The van der Waals surface area contributed by atoms with Crippen molar-refractivity contribution in [1.29, 1.82) is 0 Å². The Hall–Kier alpha value is -2.77. The van der Waals surface area contributed by atoms with E-state index >= 15 is 0 Å². The van der Waals surface area contributed by atoms with Gasteiger partial charge in [-0.2, -0.15) is 0 Å². The summed E-state index contributed by atoms with van der Waals surface area (Å²) in [5, 5.41) is 9.56. The van der Waals surface area contributed by atoms with Crippen molar-refractivity contribution in [3.8, 4) is 11.4 Å². The van der Waals surface area contributed by atoms with E-state index in [2.05, 4.69) is 44.1 Å². The van der Waals surface area contributed by atoms with Gasteiger partial charge in [0.05, 0.1) is 27.9 Å². The third-order valence-electron chi connectivity index (χ3n) is 5.82. The van der Waals surface area contributed by atoms with Gasteiger partial charge in [-0.15, -0.1) is 5.10 Å². The number of benzene rings is 1. The maximum Gasteiger partial charge on any atom is 0.497 e. The van der Waals surface area contributed by atoms with Crippen molar-refractivity contribution in [1.82, 2.24) is 19.8 Å². The molecule has 4 heterocycles. The zero-order chi connectivity index (χ0) is 19.5. The highest BCUT2D eigenvalue weighted by atomic mass is 16.7. The van der Waals surface area contributed by atoms with Crippen molar-refractivity contribution in [3.05, 3.63) is 54.7 Å². The number of aromatic nitrogens is 4. The van der Waals surface area contributed by atoms with E-state index in [9.17, 15) is 0 Å². The second kappa shape index (κ2) is 5.86. The predicted molar refractivity (Wildman–Crippen MR) is 109 cm³/mol. The molecule has 1 aromatic carbocycles. The largest absolute Gasteiger partial charge is 0.497 e. The number of nitrogens with zero attached hydrogens (tertiary/aromatic N) is 4. The lowest BCUT2D eigenvalue weighted by Crippen LogP contribution is -2.41. The lowest BCUT2D eigenvalue weighted by atomic mass is 9.77. The number of rotatable bonds is 2. The summed E-state index contributed by atoms with van der Waals surface area (Å²) in [6.45, 7) is 8.22. The summed E-state index contributed by atoms with van der Waals surface area (Å²) in [5.74, 6) is 0. The predicted octanol–water partition coefficient (Wildman–Crippen LogP) is 3.24. The van der Waals surface area contributed by atoms with Crippen LogP contribution in [-0.2, 0) is 9.31 Å². The molecule has 0 spiro atoms. The molecule has 1 fully saturated rings. The highest BCUT2D eigenvalue weighted by Gasteiger charge is 2.52. The molecule has 0 saturated carbocycles. The molecule has 1 aliphatic rings. The molecular weight excluding hydrogens is 351 g/mol. The van der Waals surface area contributed by atoms with Gasteiger partial charge in [0.15, 0.2) is 0 Å². The van der Waals surface area contributed by atoms with Gasteiger partial charge in [0, 0.05) is 11.7 Å². The maximum absolute atomic E-state index is 6.26. The van der Waals surface area contributed by atoms with Gasteiger partial charge in [-0.3, -0.25) is 0 Å². The fourth-order valence-corrected chi connectivity index (χ4v) is 3.49. The second-order valence-electron chi connectivity index (χ2n) is 8.17. The first-order chi connectivity index (χ1) is 13.4. The fraction of sp³-hybridized carbons (Fsp3) is 0.286. The molecule has 0 atom stereocenters. The molecule has 0 radical (unpaired) electrons. The SMILES string of the molecule is CC1(C)OB(c2cccc3ccc(-c4nnn5ccccc45)nc23)OC1(C)C. The van der Waals surface area contributed by atoms with Crippen molar-refractivity contribution in [2.75, 3.05) is 0 Å². The van der Waals surface area contributed by atoms with Crippen molar-refractivity contribution < 1.29 is 9.31 Å². The fourth-order valence-electron chi connectivity index (χ4n) is 3.49. The van der Waals surface area contributed by atoms with Crippen LogP contribution in [0, 0.1) is 0 Å². The van der Waals surface area contributed by atoms with Crippen LogP contribution in [0.15, 0.2) is 54.7 Å². The van der Waals surface area contributed by atoms with Crippen molar-refractivity contribution in [2.45, 2.75) is 38.9 Å². The van der Waals surface area contributed by atoms with Gasteiger partial charge in [-0.25, -0.2) is 9.50 Å². The van der Waals surface area contributed by atoms with Crippen LogP contribution < -0.4 is 5.46 Å². The molecule has 0 N–H and O–H groups in total. The lowest BCUT2D eigenvalue weighted by molar-refractivity contribution is 0.00578. The van der Waals surface area contributed by atoms with Crippen molar-refractivity contribution >= 4 is 29.0 Å². The normalized spacial score (nSPS) is 18.2. The highest BCUT2D eigenvalue weighted by molar-refractivity contribution is 6.65. The Bertz CT molecular complexity index is 1190. The number of hydrogen-bond donors (Lipinski definition) is 0. The van der Waals surface area contributed by atoms with Crippen LogP contribution in [0.5, 0.6) is 0 Å². The van der Waals surface area contributed by atoms with E-state index in [1.807, 2.05) is 48.7 Å². The Kier molecular flexibility index (Phi) is 3.63. The first kappa shape index (κ1) is 17.3. The minimum atomic E-state index is -0.465. The van der Waals surface area contributed by atoms with Crippen LogP contribution in [0.2, 0.25) is 0 Å². The summed E-state index contributed by atoms with van der Waals surface area (Å²) < 4.78 is 14.3. The van der Waals surface area contributed by atoms with Gasteiger partial charge in [0.1, 0.15) is 5.69 Å². The molecule has 4 aromatic rings. The van der Waals surface area contributed by atoms with Crippen LogP contribution >= 0.6 is 0 Å². The van der Waals surface area contributed by atoms with E-state index in [0.717, 1.165) is 33.3 Å². The quantitative estimate of drug-likeness (QED) is 0.506. The van der Waals surface area contributed by atoms with E-state index in [1.54, 1.807) is 4.52 Å². The average Bonchev–Trinajstić information content (AvgIpc) is 3.19. The molecule has 0 bridgehead atoms. The van der Waals surface area contributed by atoms with E-state index in [-0.39, 0.29) is 0 Å². The molecule has 3 aromatic heterocycles. The van der Waals surface area contributed by atoms with Gasteiger partial charge in [0.2, 0.25) is 0 Å². The summed E-state index contributed by atoms with van der Waals surface area (Å²) in [6.07, 6.45) is 1.88. The molecule has 6 nitrogen and oxygen atoms in total. The van der Waals surface area contributed by atoms with Crippen LogP contribution in [0.4, 0.5) is 0 Å². The zero-order valence-electron chi connectivity index (χ0n) is 16.4. The Morgan fingerprint density at radius 1 is 0.893 bits per heavy atom. The van der Waals surface area contributed by atoms with Crippen LogP contribution in [0.3, 0.4) is 0 Å². The smallest absolute Gasteiger partial charge is 0.399 e. The standard InChI is InChI=1S/C21H21BN4O2/c1-20(2)21(3,4)28-22(27-20)15-9-7-8-14-11-12-16(23-18(14)15)19-17-10-5-6-13-26(17)25-24-19/h5-13H,1-4H3. The van der Waals surface area contributed by atoms with Crippen molar-refractivity contribution in [2.24, 2.45) is 0 Å². The summed E-state index contributed by atoms with van der Waals surface area (Å²) in [6, 6.07) is 16.0. The summed E-state index contributed by atoms with van der Waals surface area (Å²) in [5.41, 5.74) is 3.43. The van der Waals surface area contributed by atoms with Crippen LogP contribution in [-0.4, -0.2) is 38.1 Å². The maximum atomic E-state index is 6.26. The van der Waals surface area contributed by atoms with Crippen LogP contribution in [0.25, 0.3) is 27.8 Å². The van der Waals surface area contributed by atoms with Gasteiger partial charge in [0.25, 0.3) is 0 Å². The number of pyridine rings is 2. The minimum absolute atomic E-state index is 0.401. The number of hydrogen-bond acceptors (Lipinski definition) is 5.